The molecule has 0 saturated carbocycles. The zero-order valence-electron chi connectivity index (χ0n) is 13.5. The summed E-state index contributed by atoms with van der Waals surface area (Å²) in [6, 6.07) is 7.42. The minimum atomic E-state index is -0.618. The van der Waals surface area contributed by atoms with Crippen LogP contribution in [0.15, 0.2) is 30.5 Å². The largest absolute Gasteiger partial charge is 0.497 e. The Labute approximate surface area is 138 Å². The Morgan fingerprint density at radius 3 is 2.92 bits per heavy atom. The van der Waals surface area contributed by atoms with E-state index in [0.29, 0.717) is 6.54 Å². The second-order valence-corrected chi connectivity index (χ2v) is 4.78. The molecule has 0 unspecified atom stereocenters. The molecule has 2 amide bonds. The molecule has 0 fully saturated rings. The van der Waals surface area contributed by atoms with Crippen molar-refractivity contribution in [1.29, 1.82) is 0 Å². The van der Waals surface area contributed by atoms with Gasteiger partial charge >= 0.3 is 6.09 Å². The number of nitrogens with zero attached hydrogens (tertiary/aromatic N) is 3. The van der Waals surface area contributed by atoms with Gasteiger partial charge in [-0.2, -0.15) is 0 Å². The van der Waals surface area contributed by atoms with Crippen LogP contribution in [0.3, 0.4) is 0 Å². The number of nitrogens with one attached hydrogen (secondary N) is 2. The van der Waals surface area contributed by atoms with Crippen LogP contribution >= 0.6 is 0 Å². The average Bonchev–Trinajstić information content (AvgIpc) is 3.00. The lowest BCUT2D eigenvalue weighted by Crippen LogP contribution is -2.27. The molecule has 2 rings (SSSR count). The van der Waals surface area contributed by atoms with E-state index in [1.165, 1.54) is 10.9 Å². The number of carbonyl (C=O) groups excluding carboxylic acids is 2. The molecule has 2 aromatic rings. The Hall–Kier alpha value is -3.10. The maximum absolute atomic E-state index is 11.9. The highest BCUT2D eigenvalue weighted by atomic mass is 16.5. The van der Waals surface area contributed by atoms with Gasteiger partial charge in [0.1, 0.15) is 12.3 Å². The molecule has 128 valence electrons. The smallest absolute Gasteiger partial charge is 0.412 e. The third-order valence-electron chi connectivity index (χ3n) is 2.97. The quantitative estimate of drug-likeness (QED) is 0.787. The highest BCUT2D eigenvalue weighted by molar-refractivity contribution is 5.83. The van der Waals surface area contributed by atoms with Gasteiger partial charge in [-0.1, -0.05) is 17.3 Å². The van der Waals surface area contributed by atoms with Gasteiger partial charge in [0.25, 0.3) is 0 Å². The summed E-state index contributed by atoms with van der Waals surface area (Å²) in [5.41, 5.74) is 0.922. The topological polar surface area (TPSA) is 107 Å². The fourth-order valence-electron chi connectivity index (χ4n) is 1.89. The molecule has 0 bridgehead atoms. The number of aromatic nitrogens is 3. The highest BCUT2D eigenvalue weighted by Gasteiger charge is 2.09. The second-order valence-electron chi connectivity index (χ2n) is 4.78. The monoisotopic (exact) mass is 333 g/mol. The molecule has 0 atom stereocenters. The van der Waals surface area contributed by atoms with Crippen molar-refractivity contribution in [3.8, 4) is 5.75 Å². The van der Waals surface area contributed by atoms with Gasteiger partial charge in [-0.05, 0) is 24.6 Å². The summed E-state index contributed by atoms with van der Waals surface area (Å²) in [6.07, 6.45) is 0.828. The first-order valence-electron chi connectivity index (χ1n) is 7.34. The van der Waals surface area contributed by atoms with Crippen molar-refractivity contribution in [3.05, 3.63) is 36.0 Å². The normalized spacial score (nSPS) is 10.1. The maximum atomic E-state index is 11.9. The molecular formula is C15H19N5O4. The van der Waals surface area contributed by atoms with Crippen LogP contribution in [-0.2, 0) is 22.6 Å². The van der Waals surface area contributed by atoms with Crippen LogP contribution in [0, 0.1) is 0 Å². The number of ether oxygens (including phenoxy) is 2. The first-order chi connectivity index (χ1) is 11.6. The molecular weight excluding hydrogens is 314 g/mol. The van der Waals surface area contributed by atoms with Crippen molar-refractivity contribution >= 4 is 17.8 Å². The van der Waals surface area contributed by atoms with E-state index in [9.17, 15) is 9.59 Å². The van der Waals surface area contributed by atoms with Gasteiger partial charge < -0.3 is 14.8 Å². The Morgan fingerprint density at radius 2 is 2.17 bits per heavy atom. The van der Waals surface area contributed by atoms with Crippen LogP contribution in [0.25, 0.3) is 0 Å². The van der Waals surface area contributed by atoms with Gasteiger partial charge in [0.2, 0.25) is 5.91 Å². The molecule has 0 aliphatic rings. The summed E-state index contributed by atoms with van der Waals surface area (Å²) in [4.78, 5) is 23.2. The minimum absolute atomic E-state index is 0.0124. The summed E-state index contributed by atoms with van der Waals surface area (Å²) in [5.74, 6) is 0.715. The minimum Gasteiger partial charge on any atom is -0.497 e. The van der Waals surface area contributed by atoms with Gasteiger partial charge in [0, 0.05) is 6.54 Å². The Balaban J connectivity index is 1.82. The van der Waals surface area contributed by atoms with E-state index in [1.54, 1.807) is 14.0 Å². The van der Waals surface area contributed by atoms with Crippen molar-refractivity contribution in [2.75, 3.05) is 19.0 Å². The molecule has 2 N–H and O–H groups in total. The number of amides is 2. The Bertz CT molecular complexity index is 701. The lowest BCUT2D eigenvalue weighted by atomic mass is 10.2. The molecule has 1 aromatic carbocycles. The zero-order chi connectivity index (χ0) is 17.4. The number of methoxy groups -OCH3 is 1. The highest BCUT2D eigenvalue weighted by Crippen LogP contribution is 2.12. The van der Waals surface area contributed by atoms with Gasteiger partial charge in [0.15, 0.2) is 5.82 Å². The predicted molar refractivity (Wildman–Crippen MR) is 85.5 cm³/mol. The molecule has 9 heteroatoms. The third-order valence-corrected chi connectivity index (χ3v) is 2.97. The third kappa shape index (κ3) is 5.27. The van der Waals surface area contributed by atoms with Gasteiger partial charge in [-0.15, -0.1) is 5.10 Å². The molecule has 0 aliphatic carbocycles. The van der Waals surface area contributed by atoms with Crippen molar-refractivity contribution in [1.82, 2.24) is 20.3 Å². The lowest BCUT2D eigenvalue weighted by Gasteiger charge is -2.06. The van der Waals surface area contributed by atoms with Crippen LogP contribution < -0.4 is 15.4 Å². The predicted octanol–water partition coefficient (Wildman–Crippen LogP) is 1.17. The molecule has 0 aliphatic heterocycles. The van der Waals surface area contributed by atoms with Gasteiger partial charge in [0.05, 0.1) is 19.9 Å². The molecule has 0 radical (unpaired) electrons. The number of benzene rings is 1. The molecule has 9 nitrogen and oxygen atoms in total. The zero-order valence-corrected chi connectivity index (χ0v) is 13.5. The van der Waals surface area contributed by atoms with E-state index in [0.717, 1.165) is 11.3 Å². The number of rotatable bonds is 7. The maximum Gasteiger partial charge on any atom is 0.412 e. The summed E-state index contributed by atoms with van der Waals surface area (Å²) in [6.45, 7) is 2.32. The van der Waals surface area contributed by atoms with Crippen molar-refractivity contribution in [2.45, 2.75) is 20.0 Å². The van der Waals surface area contributed by atoms with Crippen molar-refractivity contribution in [3.63, 3.8) is 0 Å². The molecule has 1 heterocycles. The van der Waals surface area contributed by atoms with E-state index in [-0.39, 0.29) is 24.9 Å². The standard InChI is InChI=1S/C15H19N5O4/c1-3-24-15(22)17-13-9-20(19-18-13)10-14(21)16-8-11-5-4-6-12(7-11)23-2/h4-7,9H,3,8,10H2,1-2H3,(H,16,21)(H,17,22). The van der Waals surface area contributed by atoms with E-state index in [2.05, 4.69) is 20.9 Å². The van der Waals surface area contributed by atoms with Gasteiger partial charge in [-0.3, -0.25) is 10.1 Å². The molecule has 0 saturated heterocycles. The van der Waals surface area contributed by atoms with E-state index in [1.807, 2.05) is 24.3 Å². The first-order valence-corrected chi connectivity index (χ1v) is 7.34. The van der Waals surface area contributed by atoms with Crippen molar-refractivity contribution in [2.24, 2.45) is 0 Å². The summed E-state index contributed by atoms with van der Waals surface area (Å²) < 4.78 is 11.2. The van der Waals surface area contributed by atoms with E-state index in [4.69, 9.17) is 9.47 Å². The number of anilines is 1. The molecule has 1 aromatic heterocycles. The lowest BCUT2D eigenvalue weighted by molar-refractivity contribution is -0.122. The van der Waals surface area contributed by atoms with Crippen LogP contribution in [0.5, 0.6) is 5.75 Å². The average molecular weight is 333 g/mol. The van der Waals surface area contributed by atoms with Crippen LogP contribution in [-0.4, -0.2) is 40.7 Å². The summed E-state index contributed by atoms with van der Waals surface area (Å²) >= 11 is 0. The number of hydrogen-bond acceptors (Lipinski definition) is 6. The van der Waals surface area contributed by atoms with Crippen LogP contribution in [0.4, 0.5) is 10.6 Å². The van der Waals surface area contributed by atoms with E-state index >= 15 is 0 Å². The van der Waals surface area contributed by atoms with Gasteiger partial charge in [-0.25, -0.2) is 9.48 Å². The second kappa shape index (κ2) is 8.51. The van der Waals surface area contributed by atoms with Crippen LogP contribution in [0.1, 0.15) is 12.5 Å². The first kappa shape index (κ1) is 17.3. The molecule has 24 heavy (non-hydrogen) atoms. The fourth-order valence-corrected chi connectivity index (χ4v) is 1.89. The van der Waals surface area contributed by atoms with Crippen LogP contribution in [0.2, 0.25) is 0 Å². The Kier molecular flexibility index (Phi) is 6.12. The summed E-state index contributed by atoms with van der Waals surface area (Å²) in [5, 5.41) is 12.7. The number of carbonyl (C=O) groups is 2. The SMILES string of the molecule is CCOC(=O)Nc1cn(CC(=O)NCc2cccc(OC)c2)nn1. The summed E-state index contributed by atoms with van der Waals surface area (Å²) in [7, 11) is 1.59. The van der Waals surface area contributed by atoms with Crippen molar-refractivity contribution < 1.29 is 19.1 Å². The fraction of sp³-hybridized carbons (Fsp3) is 0.333. The number of hydrogen-bond donors (Lipinski definition) is 2. The molecule has 0 spiro atoms. The van der Waals surface area contributed by atoms with E-state index < -0.39 is 6.09 Å². The Morgan fingerprint density at radius 1 is 1.33 bits per heavy atom.